The van der Waals surface area contributed by atoms with E-state index < -0.39 is 5.60 Å². The van der Waals surface area contributed by atoms with Gasteiger partial charge in [0.25, 0.3) is 0 Å². The Morgan fingerprint density at radius 2 is 1.86 bits per heavy atom. The molecule has 2 aromatic carbocycles. The van der Waals surface area contributed by atoms with Crippen molar-refractivity contribution >= 4 is 16.7 Å². The van der Waals surface area contributed by atoms with E-state index >= 15 is 0 Å². The monoisotopic (exact) mass is 297 g/mol. The van der Waals surface area contributed by atoms with E-state index in [4.69, 9.17) is 0 Å². The largest absolute Gasteiger partial charge is 0.389 e. The molecule has 0 bridgehead atoms. The van der Waals surface area contributed by atoms with Crippen molar-refractivity contribution in [1.82, 2.24) is 5.32 Å². The number of nitrogens with one attached hydrogen (secondary N) is 1. The lowest BCUT2D eigenvalue weighted by molar-refractivity contribution is -0.126. The van der Waals surface area contributed by atoms with Gasteiger partial charge in [0.1, 0.15) is 0 Å². The molecule has 1 saturated carbocycles. The number of carbonyl (C=O) groups excluding carboxylic acids is 1. The second-order valence-corrected chi connectivity index (χ2v) is 6.47. The molecule has 0 spiro atoms. The Morgan fingerprint density at radius 1 is 1.18 bits per heavy atom. The second kappa shape index (κ2) is 6.09. The molecule has 1 fully saturated rings. The summed E-state index contributed by atoms with van der Waals surface area (Å²) >= 11 is 0. The first-order chi connectivity index (χ1) is 10.6. The molecule has 22 heavy (non-hydrogen) atoms. The molecule has 1 atom stereocenters. The highest BCUT2D eigenvalue weighted by atomic mass is 16.3. The van der Waals surface area contributed by atoms with Gasteiger partial charge >= 0.3 is 0 Å². The van der Waals surface area contributed by atoms with Crippen molar-refractivity contribution in [3.8, 4) is 0 Å². The summed E-state index contributed by atoms with van der Waals surface area (Å²) < 4.78 is 0. The van der Waals surface area contributed by atoms with E-state index in [1.807, 2.05) is 25.1 Å². The first-order valence-corrected chi connectivity index (χ1v) is 8.07. The summed E-state index contributed by atoms with van der Waals surface area (Å²) in [5, 5.41) is 15.7. The number of benzene rings is 2. The Morgan fingerprint density at radius 3 is 2.64 bits per heavy atom. The van der Waals surface area contributed by atoms with Crippen LogP contribution in [0.1, 0.15) is 50.6 Å². The van der Waals surface area contributed by atoms with E-state index in [0.717, 1.165) is 36.6 Å². The lowest BCUT2D eigenvalue weighted by Gasteiger charge is -2.23. The van der Waals surface area contributed by atoms with E-state index in [-0.39, 0.29) is 18.4 Å². The van der Waals surface area contributed by atoms with Gasteiger partial charge in [0.05, 0.1) is 18.1 Å². The van der Waals surface area contributed by atoms with Gasteiger partial charge in [-0.05, 0) is 36.1 Å². The average molecular weight is 297 g/mol. The average Bonchev–Trinajstić information content (AvgIpc) is 2.92. The minimum Gasteiger partial charge on any atom is -0.389 e. The molecule has 0 aliphatic heterocycles. The number of amides is 1. The quantitative estimate of drug-likeness (QED) is 0.903. The molecule has 0 heterocycles. The molecule has 3 nitrogen and oxygen atoms in total. The predicted octanol–water partition coefficient (Wildman–Crippen LogP) is 3.71. The van der Waals surface area contributed by atoms with Crippen LogP contribution >= 0.6 is 0 Å². The molecule has 1 aliphatic rings. The number of hydrogen-bond donors (Lipinski definition) is 2. The topological polar surface area (TPSA) is 49.3 Å². The second-order valence-electron chi connectivity index (χ2n) is 6.47. The molecule has 2 N–H and O–H groups in total. The predicted molar refractivity (Wildman–Crippen MR) is 88.5 cm³/mol. The zero-order valence-corrected chi connectivity index (χ0v) is 13.0. The van der Waals surface area contributed by atoms with Crippen molar-refractivity contribution in [2.45, 2.75) is 50.7 Å². The first kappa shape index (κ1) is 15.0. The van der Waals surface area contributed by atoms with Crippen molar-refractivity contribution in [1.29, 1.82) is 0 Å². The van der Waals surface area contributed by atoms with Crippen LogP contribution in [0.5, 0.6) is 0 Å². The Kier molecular flexibility index (Phi) is 4.16. The molecule has 1 unspecified atom stereocenters. The standard InChI is InChI=1S/C19H23NO2/c1-14(20-18(21)13-19(22)11-4-5-12-19)16-10-6-8-15-7-2-3-9-17(15)16/h2-3,6-10,14,22H,4-5,11-13H2,1H3,(H,20,21). The summed E-state index contributed by atoms with van der Waals surface area (Å²) in [5.41, 5.74) is 0.326. The summed E-state index contributed by atoms with van der Waals surface area (Å²) in [6.45, 7) is 2.00. The minimum absolute atomic E-state index is 0.0650. The van der Waals surface area contributed by atoms with Gasteiger partial charge in [-0.2, -0.15) is 0 Å². The van der Waals surface area contributed by atoms with Crippen LogP contribution in [0.3, 0.4) is 0 Å². The Hall–Kier alpha value is -1.87. The maximum atomic E-state index is 12.3. The Bertz CT molecular complexity index is 669. The molecular formula is C19H23NO2. The summed E-state index contributed by atoms with van der Waals surface area (Å²) in [7, 11) is 0. The fourth-order valence-electron chi connectivity index (χ4n) is 3.51. The van der Waals surface area contributed by atoms with Crippen LogP contribution in [-0.4, -0.2) is 16.6 Å². The maximum absolute atomic E-state index is 12.3. The van der Waals surface area contributed by atoms with Crippen LogP contribution in [0.25, 0.3) is 10.8 Å². The Labute approximate surface area is 131 Å². The molecule has 3 heteroatoms. The molecule has 3 rings (SSSR count). The van der Waals surface area contributed by atoms with Crippen LogP contribution in [0.2, 0.25) is 0 Å². The van der Waals surface area contributed by atoms with E-state index in [1.165, 1.54) is 5.39 Å². The molecule has 1 amide bonds. The molecule has 0 aromatic heterocycles. The molecule has 2 aromatic rings. The highest BCUT2D eigenvalue weighted by Crippen LogP contribution is 2.32. The van der Waals surface area contributed by atoms with Crippen molar-refractivity contribution in [3.05, 3.63) is 48.0 Å². The third-order valence-electron chi connectivity index (χ3n) is 4.69. The first-order valence-electron chi connectivity index (χ1n) is 8.07. The Balaban J connectivity index is 1.73. The summed E-state index contributed by atoms with van der Waals surface area (Å²) in [6.07, 6.45) is 3.72. The van der Waals surface area contributed by atoms with Crippen LogP contribution in [0, 0.1) is 0 Å². The third-order valence-corrected chi connectivity index (χ3v) is 4.69. The van der Waals surface area contributed by atoms with Gasteiger partial charge in [-0.3, -0.25) is 4.79 Å². The van der Waals surface area contributed by atoms with Crippen LogP contribution in [-0.2, 0) is 4.79 Å². The number of hydrogen-bond acceptors (Lipinski definition) is 2. The van der Waals surface area contributed by atoms with Gasteiger partial charge < -0.3 is 10.4 Å². The lowest BCUT2D eigenvalue weighted by atomic mass is 9.96. The smallest absolute Gasteiger partial charge is 0.223 e. The normalized spacial score (nSPS) is 18.3. The highest BCUT2D eigenvalue weighted by molar-refractivity contribution is 5.87. The number of fused-ring (bicyclic) bond motifs is 1. The maximum Gasteiger partial charge on any atom is 0.223 e. The van der Waals surface area contributed by atoms with Crippen LogP contribution in [0.4, 0.5) is 0 Å². The van der Waals surface area contributed by atoms with Gasteiger partial charge in [-0.1, -0.05) is 55.3 Å². The van der Waals surface area contributed by atoms with Crippen molar-refractivity contribution in [2.24, 2.45) is 0 Å². The van der Waals surface area contributed by atoms with Gasteiger partial charge in [-0.15, -0.1) is 0 Å². The third kappa shape index (κ3) is 3.14. The van der Waals surface area contributed by atoms with Gasteiger partial charge in [0.2, 0.25) is 5.91 Å². The molecule has 1 aliphatic carbocycles. The van der Waals surface area contributed by atoms with Crippen molar-refractivity contribution in [3.63, 3.8) is 0 Å². The zero-order chi connectivity index (χ0) is 15.6. The lowest BCUT2D eigenvalue weighted by Crippen LogP contribution is -2.35. The highest BCUT2D eigenvalue weighted by Gasteiger charge is 2.33. The van der Waals surface area contributed by atoms with E-state index in [0.29, 0.717) is 0 Å². The molecule has 116 valence electrons. The summed E-state index contributed by atoms with van der Waals surface area (Å²) in [6, 6.07) is 14.3. The fourth-order valence-corrected chi connectivity index (χ4v) is 3.51. The van der Waals surface area contributed by atoms with Crippen molar-refractivity contribution in [2.75, 3.05) is 0 Å². The van der Waals surface area contributed by atoms with Crippen molar-refractivity contribution < 1.29 is 9.90 Å². The SMILES string of the molecule is CC(NC(=O)CC1(O)CCCC1)c1cccc2ccccc12. The minimum atomic E-state index is -0.789. The van der Waals surface area contributed by atoms with Crippen LogP contribution in [0.15, 0.2) is 42.5 Å². The molecule has 0 radical (unpaired) electrons. The number of rotatable bonds is 4. The van der Waals surface area contributed by atoms with E-state index in [9.17, 15) is 9.90 Å². The fraction of sp³-hybridized carbons (Fsp3) is 0.421. The van der Waals surface area contributed by atoms with Crippen LogP contribution < -0.4 is 5.32 Å². The molecule has 0 saturated heterocycles. The number of carbonyl (C=O) groups is 1. The number of aliphatic hydroxyl groups is 1. The van der Waals surface area contributed by atoms with Gasteiger partial charge in [-0.25, -0.2) is 0 Å². The summed E-state index contributed by atoms with van der Waals surface area (Å²) in [4.78, 5) is 12.3. The van der Waals surface area contributed by atoms with Gasteiger partial charge in [0, 0.05) is 0 Å². The van der Waals surface area contributed by atoms with E-state index in [2.05, 4.69) is 29.6 Å². The summed E-state index contributed by atoms with van der Waals surface area (Å²) in [5.74, 6) is -0.0650. The zero-order valence-electron chi connectivity index (χ0n) is 13.0. The van der Waals surface area contributed by atoms with E-state index in [1.54, 1.807) is 0 Å². The van der Waals surface area contributed by atoms with Gasteiger partial charge in [0.15, 0.2) is 0 Å². The molecular weight excluding hydrogens is 274 g/mol.